The van der Waals surface area contributed by atoms with Crippen LogP contribution in [0.1, 0.15) is 12.5 Å². The predicted octanol–water partition coefficient (Wildman–Crippen LogP) is 3.19. The van der Waals surface area contributed by atoms with Gasteiger partial charge in [-0.05, 0) is 11.6 Å². The van der Waals surface area contributed by atoms with Crippen LogP contribution in [0.2, 0.25) is 5.02 Å². The molecule has 0 bridgehead atoms. The lowest BCUT2D eigenvalue weighted by Crippen LogP contribution is -2.36. The fourth-order valence-corrected chi connectivity index (χ4v) is 5.86. The first-order valence-corrected chi connectivity index (χ1v) is 11.9. The number of thioether (sulfide) groups is 1. The second-order valence-corrected chi connectivity index (χ2v) is 10.1. The molecule has 6 rings (SSSR count). The molecule has 2 aromatic heterocycles. The Hall–Kier alpha value is -1.84. The highest BCUT2D eigenvalue weighted by molar-refractivity contribution is 8.00. The van der Waals surface area contributed by atoms with E-state index in [9.17, 15) is 5.11 Å². The lowest BCUT2D eigenvalue weighted by Gasteiger charge is -2.38. The van der Waals surface area contributed by atoms with Crippen LogP contribution in [-0.4, -0.2) is 69.2 Å². The number of ether oxygens (including phenoxy) is 3. The van der Waals surface area contributed by atoms with Gasteiger partial charge in [0.1, 0.15) is 18.3 Å². The highest BCUT2D eigenvalue weighted by Crippen LogP contribution is 2.41. The minimum Gasteiger partial charge on any atom is -0.456 e. The van der Waals surface area contributed by atoms with Gasteiger partial charge in [-0.15, -0.1) is 0 Å². The summed E-state index contributed by atoms with van der Waals surface area (Å²) >= 11 is 8.53. The Kier molecular flexibility index (Phi) is 4.70. The number of fused-ring (bicyclic) bond motifs is 2. The molecule has 162 valence electrons. The molecule has 2 N–H and O–H groups in total. The number of pyridine rings is 1. The molecule has 3 fully saturated rings. The number of aliphatic hydroxyl groups excluding tert-OH is 1. The molecular formula is C22H22ClN3O4S. The summed E-state index contributed by atoms with van der Waals surface area (Å²) in [6.07, 6.45) is -1.60. The van der Waals surface area contributed by atoms with Crippen molar-refractivity contribution in [2.45, 2.75) is 36.8 Å². The number of nitrogens with one attached hydrogen (secondary N) is 1. The molecule has 3 aliphatic rings. The van der Waals surface area contributed by atoms with Gasteiger partial charge in [0.2, 0.25) is 0 Å². The standard InChI is InChI=1S/C22H22ClN3O4S/c1-22(9-31-10-22)12-4-2-11(3-5-12)17-13(23)6-14-20(25-17)26-21(24-14)30-16-8-29-18-15(27)7-28-19(16)18/h2-6,15-16,18-19,27H,7-10H2,1H3,(H,24,25,26)/t15?,16?,18-,19-/m1/s1. The fourth-order valence-electron chi connectivity index (χ4n) is 4.45. The lowest BCUT2D eigenvalue weighted by atomic mass is 9.85. The minimum absolute atomic E-state index is 0.257. The maximum absolute atomic E-state index is 9.89. The van der Waals surface area contributed by atoms with Crippen LogP contribution >= 0.6 is 23.4 Å². The van der Waals surface area contributed by atoms with Crippen molar-refractivity contribution in [1.29, 1.82) is 0 Å². The van der Waals surface area contributed by atoms with Gasteiger partial charge >= 0.3 is 0 Å². The quantitative estimate of drug-likeness (QED) is 0.619. The van der Waals surface area contributed by atoms with E-state index < -0.39 is 6.10 Å². The molecule has 3 aromatic rings. The summed E-state index contributed by atoms with van der Waals surface area (Å²) in [4.78, 5) is 12.3. The Balaban J connectivity index is 1.26. The second-order valence-electron chi connectivity index (χ2n) is 8.68. The molecule has 7 nitrogen and oxygen atoms in total. The topological polar surface area (TPSA) is 89.5 Å². The van der Waals surface area contributed by atoms with Gasteiger partial charge in [0.05, 0.1) is 29.4 Å². The van der Waals surface area contributed by atoms with Gasteiger partial charge in [-0.3, -0.25) is 0 Å². The molecule has 3 aliphatic heterocycles. The van der Waals surface area contributed by atoms with E-state index in [0.717, 1.165) is 17.1 Å². The van der Waals surface area contributed by atoms with E-state index in [1.807, 2.05) is 17.8 Å². The molecule has 2 unspecified atom stereocenters. The highest BCUT2D eigenvalue weighted by Gasteiger charge is 2.48. The Morgan fingerprint density at radius 1 is 1.16 bits per heavy atom. The van der Waals surface area contributed by atoms with Crippen molar-refractivity contribution in [3.05, 3.63) is 40.9 Å². The van der Waals surface area contributed by atoms with Crippen LogP contribution in [0.25, 0.3) is 22.4 Å². The third-order valence-corrected chi connectivity index (χ3v) is 8.32. The van der Waals surface area contributed by atoms with Gasteiger partial charge in [-0.25, -0.2) is 4.98 Å². The second kappa shape index (κ2) is 7.35. The number of H-pyrrole nitrogens is 1. The zero-order chi connectivity index (χ0) is 21.2. The van der Waals surface area contributed by atoms with Gasteiger partial charge in [-0.2, -0.15) is 16.7 Å². The summed E-state index contributed by atoms with van der Waals surface area (Å²) in [7, 11) is 0. The third-order valence-electron chi connectivity index (χ3n) is 6.35. The molecule has 31 heavy (non-hydrogen) atoms. The Morgan fingerprint density at radius 3 is 2.68 bits per heavy atom. The van der Waals surface area contributed by atoms with Crippen LogP contribution < -0.4 is 4.74 Å². The van der Waals surface area contributed by atoms with Crippen LogP contribution in [0.4, 0.5) is 0 Å². The molecule has 9 heteroatoms. The van der Waals surface area contributed by atoms with Crippen molar-refractivity contribution in [3.63, 3.8) is 0 Å². The molecule has 0 aliphatic carbocycles. The van der Waals surface area contributed by atoms with Gasteiger partial charge in [0.15, 0.2) is 11.8 Å². The van der Waals surface area contributed by atoms with E-state index >= 15 is 0 Å². The monoisotopic (exact) mass is 459 g/mol. The van der Waals surface area contributed by atoms with Crippen molar-refractivity contribution >= 4 is 34.5 Å². The van der Waals surface area contributed by atoms with Crippen molar-refractivity contribution in [2.75, 3.05) is 24.7 Å². The Labute approximate surface area is 188 Å². The normalized spacial score (nSPS) is 29.1. The summed E-state index contributed by atoms with van der Waals surface area (Å²) < 4.78 is 17.2. The smallest absolute Gasteiger partial charge is 0.296 e. The van der Waals surface area contributed by atoms with Crippen LogP contribution in [0.15, 0.2) is 30.3 Å². The van der Waals surface area contributed by atoms with Crippen LogP contribution in [0.3, 0.4) is 0 Å². The Morgan fingerprint density at radius 2 is 1.94 bits per heavy atom. The number of aromatic amines is 1. The summed E-state index contributed by atoms with van der Waals surface area (Å²) in [5.74, 6) is 2.32. The number of nitrogens with zero attached hydrogens (tertiary/aromatic N) is 2. The molecule has 1 aromatic carbocycles. The molecule has 5 heterocycles. The first kappa shape index (κ1) is 19.8. The van der Waals surface area contributed by atoms with Crippen LogP contribution in [0.5, 0.6) is 6.01 Å². The summed E-state index contributed by atoms with van der Waals surface area (Å²) in [6.45, 7) is 2.90. The van der Waals surface area contributed by atoms with E-state index in [1.165, 1.54) is 5.56 Å². The van der Waals surface area contributed by atoms with E-state index in [-0.39, 0.29) is 30.3 Å². The first-order chi connectivity index (χ1) is 15.0. The van der Waals surface area contributed by atoms with Gasteiger partial charge in [0, 0.05) is 22.5 Å². The average Bonchev–Trinajstić information content (AvgIpc) is 3.43. The molecule has 0 radical (unpaired) electrons. The van der Waals surface area contributed by atoms with Crippen LogP contribution in [-0.2, 0) is 14.9 Å². The van der Waals surface area contributed by atoms with Crippen molar-refractivity contribution in [2.24, 2.45) is 0 Å². The molecule has 0 amide bonds. The number of aromatic nitrogens is 3. The number of halogens is 1. The molecular weight excluding hydrogens is 438 g/mol. The summed E-state index contributed by atoms with van der Waals surface area (Å²) in [5, 5.41) is 10.4. The van der Waals surface area contributed by atoms with E-state index in [2.05, 4.69) is 46.1 Å². The maximum atomic E-state index is 9.89. The van der Waals surface area contributed by atoms with Gasteiger partial charge in [-0.1, -0.05) is 42.8 Å². The van der Waals surface area contributed by atoms with Crippen molar-refractivity contribution < 1.29 is 19.3 Å². The number of hydrogen-bond acceptors (Lipinski definition) is 7. The molecule has 0 saturated carbocycles. The molecule has 0 spiro atoms. The maximum Gasteiger partial charge on any atom is 0.296 e. The van der Waals surface area contributed by atoms with E-state index in [4.69, 9.17) is 25.8 Å². The van der Waals surface area contributed by atoms with Crippen molar-refractivity contribution in [1.82, 2.24) is 15.0 Å². The number of hydrogen-bond donors (Lipinski definition) is 2. The Bertz CT molecular complexity index is 1130. The average molecular weight is 460 g/mol. The largest absolute Gasteiger partial charge is 0.456 e. The number of aliphatic hydroxyl groups is 1. The summed E-state index contributed by atoms with van der Waals surface area (Å²) in [5.41, 5.74) is 4.49. The molecule has 3 saturated heterocycles. The predicted molar refractivity (Wildman–Crippen MR) is 119 cm³/mol. The highest BCUT2D eigenvalue weighted by atomic mass is 35.5. The lowest BCUT2D eigenvalue weighted by molar-refractivity contribution is 0.00706. The molecule has 4 atom stereocenters. The number of benzene rings is 1. The minimum atomic E-state index is -0.616. The zero-order valence-electron chi connectivity index (χ0n) is 16.9. The summed E-state index contributed by atoms with van der Waals surface area (Å²) in [6, 6.07) is 10.6. The van der Waals surface area contributed by atoms with Crippen molar-refractivity contribution in [3.8, 4) is 17.3 Å². The van der Waals surface area contributed by atoms with Gasteiger partial charge < -0.3 is 24.3 Å². The third kappa shape index (κ3) is 3.32. The number of imidazole rings is 1. The first-order valence-electron chi connectivity index (χ1n) is 10.3. The SMILES string of the molecule is CC1(c2ccc(-c3nc4nc(OC5CO[C@@H]6C(O)CO[C@H]56)[nH]c4cc3Cl)cc2)CSC1. The fraction of sp³-hybridized carbons (Fsp3) is 0.455. The number of rotatable bonds is 4. The van der Waals surface area contributed by atoms with E-state index in [0.29, 0.717) is 34.5 Å². The van der Waals surface area contributed by atoms with Gasteiger partial charge in [0.25, 0.3) is 6.01 Å². The van der Waals surface area contributed by atoms with E-state index in [1.54, 1.807) is 0 Å². The zero-order valence-corrected chi connectivity index (χ0v) is 18.4. The van der Waals surface area contributed by atoms with Crippen LogP contribution in [0, 0.1) is 0 Å².